The Kier molecular flexibility index (Phi) is 2.66. The summed E-state index contributed by atoms with van der Waals surface area (Å²) in [6.07, 6.45) is 1.26. The van der Waals surface area contributed by atoms with Crippen LogP contribution in [0.3, 0.4) is 0 Å². The molecule has 3 nitrogen and oxygen atoms in total. The molecule has 1 fully saturated rings. The Morgan fingerprint density at radius 1 is 1.69 bits per heavy atom. The second kappa shape index (κ2) is 3.29. The van der Waals surface area contributed by atoms with Gasteiger partial charge in [-0.2, -0.15) is 0 Å². The van der Waals surface area contributed by atoms with Crippen molar-refractivity contribution in [3.63, 3.8) is 0 Å². The van der Waals surface area contributed by atoms with Gasteiger partial charge in [-0.3, -0.25) is 4.79 Å². The molecule has 0 spiro atoms. The number of hydrogen-bond acceptors (Lipinski definition) is 2. The van der Waals surface area contributed by atoms with Gasteiger partial charge in [-0.1, -0.05) is 13.8 Å². The molecular formula is C10H19NO2. The number of carboxylic acids is 1. The molecule has 3 unspecified atom stereocenters. The zero-order valence-corrected chi connectivity index (χ0v) is 8.58. The largest absolute Gasteiger partial charge is 0.481 e. The van der Waals surface area contributed by atoms with E-state index in [0.717, 1.165) is 6.42 Å². The summed E-state index contributed by atoms with van der Waals surface area (Å²) in [7, 11) is 0. The van der Waals surface area contributed by atoms with Crippen LogP contribution in [0.15, 0.2) is 0 Å². The van der Waals surface area contributed by atoms with E-state index in [-0.39, 0.29) is 17.9 Å². The zero-order valence-electron chi connectivity index (χ0n) is 8.58. The quantitative estimate of drug-likeness (QED) is 0.699. The molecule has 0 aromatic carbocycles. The monoisotopic (exact) mass is 185 g/mol. The Morgan fingerprint density at radius 2 is 2.23 bits per heavy atom. The molecule has 0 radical (unpaired) electrons. The van der Waals surface area contributed by atoms with Gasteiger partial charge in [0.25, 0.3) is 0 Å². The highest BCUT2D eigenvalue weighted by atomic mass is 16.4. The average Bonchev–Trinajstić information content (AvgIpc) is 1.96. The van der Waals surface area contributed by atoms with Crippen LogP contribution in [0.2, 0.25) is 0 Å². The molecule has 1 aliphatic rings. The molecule has 76 valence electrons. The van der Waals surface area contributed by atoms with Crippen molar-refractivity contribution in [1.82, 2.24) is 0 Å². The minimum Gasteiger partial charge on any atom is -0.481 e. The molecule has 13 heavy (non-hydrogen) atoms. The number of carboxylic acid groups (broad SMARTS) is 1. The van der Waals surface area contributed by atoms with Crippen LogP contribution in [0.25, 0.3) is 0 Å². The lowest BCUT2D eigenvalue weighted by Crippen LogP contribution is -2.52. The number of nitrogens with two attached hydrogens (primary N) is 1. The molecule has 3 heteroatoms. The number of hydrogen-bond donors (Lipinski definition) is 2. The molecule has 0 aliphatic heterocycles. The normalized spacial score (nSPS) is 33.5. The maximum absolute atomic E-state index is 10.5. The molecule has 0 aromatic heterocycles. The lowest BCUT2D eigenvalue weighted by Gasteiger charge is -2.53. The van der Waals surface area contributed by atoms with Crippen molar-refractivity contribution in [3.05, 3.63) is 0 Å². The fourth-order valence-electron chi connectivity index (χ4n) is 2.51. The van der Waals surface area contributed by atoms with Gasteiger partial charge < -0.3 is 10.8 Å². The van der Waals surface area contributed by atoms with Crippen LogP contribution in [0, 0.1) is 17.3 Å². The summed E-state index contributed by atoms with van der Waals surface area (Å²) in [6.45, 7) is 6.25. The van der Waals surface area contributed by atoms with E-state index in [1.165, 1.54) is 0 Å². The SMILES string of the molecule is CC(N)C1CC(CC(=O)O)C1(C)C. The summed E-state index contributed by atoms with van der Waals surface area (Å²) in [6, 6.07) is 0.181. The third kappa shape index (κ3) is 1.85. The van der Waals surface area contributed by atoms with Gasteiger partial charge in [0.15, 0.2) is 0 Å². The summed E-state index contributed by atoms with van der Waals surface area (Å²) in [5, 5.41) is 8.67. The molecular weight excluding hydrogens is 166 g/mol. The molecule has 3 N–H and O–H groups in total. The highest BCUT2D eigenvalue weighted by Crippen LogP contribution is 2.53. The Morgan fingerprint density at radius 3 is 2.54 bits per heavy atom. The van der Waals surface area contributed by atoms with E-state index >= 15 is 0 Å². The lowest BCUT2D eigenvalue weighted by atomic mass is 9.52. The van der Waals surface area contributed by atoms with Crippen molar-refractivity contribution in [1.29, 1.82) is 0 Å². The number of rotatable bonds is 3. The summed E-state index contributed by atoms with van der Waals surface area (Å²) in [4.78, 5) is 10.5. The molecule has 0 saturated heterocycles. The molecule has 1 rings (SSSR count). The molecule has 3 atom stereocenters. The highest BCUT2D eigenvalue weighted by Gasteiger charge is 2.49. The van der Waals surface area contributed by atoms with Gasteiger partial charge >= 0.3 is 5.97 Å². The summed E-state index contributed by atoms with van der Waals surface area (Å²) in [5.74, 6) is 0.0963. The van der Waals surface area contributed by atoms with E-state index in [2.05, 4.69) is 13.8 Å². The van der Waals surface area contributed by atoms with Crippen molar-refractivity contribution < 1.29 is 9.90 Å². The van der Waals surface area contributed by atoms with E-state index in [4.69, 9.17) is 10.8 Å². The van der Waals surface area contributed by atoms with Crippen LogP contribution in [-0.2, 0) is 4.79 Å². The van der Waals surface area contributed by atoms with Crippen LogP contribution in [0.1, 0.15) is 33.6 Å². The Bertz CT molecular complexity index is 211. The molecule has 0 aromatic rings. The molecule has 0 amide bonds. The van der Waals surface area contributed by atoms with Crippen LogP contribution in [-0.4, -0.2) is 17.1 Å². The predicted molar refractivity (Wildman–Crippen MR) is 51.3 cm³/mol. The highest BCUT2D eigenvalue weighted by molar-refractivity contribution is 5.67. The lowest BCUT2D eigenvalue weighted by molar-refractivity contribution is -0.143. The fraction of sp³-hybridized carbons (Fsp3) is 0.900. The van der Waals surface area contributed by atoms with Crippen molar-refractivity contribution in [3.8, 4) is 0 Å². The van der Waals surface area contributed by atoms with Gasteiger partial charge in [-0.15, -0.1) is 0 Å². The van der Waals surface area contributed by atoms with E-state index in [9.17, 15) is 4.79 Å². The molecule has 0 bridgehead atoms. The third-order valence-corrected chi connectivity index (χ3v) is 3.60. The van der Waals surface area contributed by atoms with Crippen molar-refractivity contribution in [2.75, 3.05) is 0 Å². The van der Waals surface area contributed by atoms with Crippen molar-refractivity contribution >= 4 is 5.97 Å². The van der Waals surface area contributed by atoms with Gasteiger partial charge in [0.05, 0.1) is 0 Å². The standard InChI is InChI=1S/C10H19NO2/c1-6(11)8-4-7(5-9(12)13)10(8,2)3/h6-8H,4-5,11H2,1-3H3,(H,12,13). The van der Waals surface area contributed by atoms with Gasteiger partial charge in [0, 0.05) is 12.5 Å². The van der Waals surface area contributed by atoms with E-state index in [0.29, 0.717) is 11.8 Å². The second-order valence-electron chi connectivity index (χ2n) is 4.82. The predicted octanol–water partition coefficient (Wildman–Crippen LogP) is 1.47. The first-order valence-corrected chi connectivity index (χ1v) is 4.83. The van der Waals surface area contributed by atoms with Crippen molar-refractivity contribution in [2.24, 2.45) is 23.0 Å². The summed E-state index contributed by atoms with van der Waals surface area (Å²) < 4.78 is 0. The first-order chi connectivity index (χ1) is 5.85. The van der Waals surface area contributed by atoms with Crippen LogP contribution >= 0.6 is 0 Å². The Balaban J connectivity index is 2.54. The zero-order chi connectivity index (χ0) is 10.2. The van der Waals surface area contributed by atoms with Gasteiger partial charge in [-0.25, -0.2) is 0 Å². The van der Waals surface area contributed by atoms with Crippen LogP contribution in [0.4, 0.5) is 0 Å². The second-order valence-corrected chi connectivity index (χ2v) is 4.82. The average molecular weight is 185 g/mol. The Hall–Kier alpha value is -0.570. The minimum atomic E-state index is -0.693. The van der Waals surface area contributed by atoms with Crippen LogP contribution in [0.5, 0.6) is 0 Å². The molecule has 0 heterocycles. The maximum atomic E-state index is 10.5. The van der Waals surface area contributed by atoms with E-state index < -0.39 is 5.97 Å². The smallest absolute Gasteiger partial charge is 0.303 e. The first kappa shape index (κ1) is 10.5. The van der Waals surface area contributed by atoms with Crippen LogP contribution < -0.4 is 5.73 Å². The van der Waals surface area contributed by atoms with E-state index in [1.807, 2.05) is 6.92 Å². The van der Waals surface area contributed by atoms with Gasteiger partial charge in [-0.05, 0) is 30.6 Å². The van der Waals surface area contributed by atoms with E-state index in [1.54, 1.807) is 0 Å². The molecule has 1 aliphatic carbocycles. The van der Waals surface area contributed by atoms with Gasteiger partial charge in [0.1, 0.15) is 0 Å². The fourth-order valence-corrected chi connectivity index (χ4v) is 2.51. The maximum Gasteiger partial charge on any atom is 0.303 e. The topological polar surface area (TPSA) is 63.3 Å². The third-order valence-electron chi connectivity index (χ3n) is 3.60. The summed E-state index contributed by atoms with van der Waals surface area (Å²) in [5.41, 5.74) is 5.92. The first-order valence-electron chi connectivity index (χ1n) is 4.83. The van der Waals surface area contributed by atoms with Gasteiger partial charge in [0.2, 0.25) is 0 Å². The number of carbonyl (C=O) groups is 1. The number of aliphatic carboxylic acids is 1. The minimum absolute atomic E-state index is 0.104. The Labute approximate surface area is 79.3 Å². The molecule has 1 saturated carbocycles. The van der Waals surface area contributed by atoms with Crippen molar-refractivity contribution in [2.45, 2.75) is 39.7 Å². The summed E-state index contributed by atoms with van der Waals surface area (Å²) >= 11 is 0.